The van der Waals surface area contributed by atoms with Gasteiger partial charge in [0, 0.05) is 22.0 Å². The van der Waals surface area contributed by atoms with Crippen molar-refractivity contribution in [2.24, 2.45) is 0 Å². The molecule has 0 spiro atoms. The van der Waals surface area contributed by atoms with Gasteiger partial charge in [0.25, 0.3) is 0 Å². The summed E-state index contributed by atoms with van der Waals surface area (Å²) in [7, 11) is 2.09. The Labute approximate surface area is 122 Å². The van der Waals surface area contributed by atoms with Crippen LogP contribution in [-0.4, -0.2) is 23.3 Å². The van der Waals surface area contributed by atoms with Crippen molar-refractivity contribution in [3.05, 3.63) is 22.8 Å². The van der Waals surface area contributed by atoms with E-state index >= 15 is 0 Å². The van der Waals surface area contributed by atoms with Gasteiger partial charge in [-0.1, -0.05) is 25.7 Å². The van der Waals surface area contributed by atoms with E-state index in [0.717, 1.165) is 9.50 Å². The number of hydrogen-bond acceptors (Lipinski definition) is 3. The molecule has 1 aromatic heterocycles. The van der Waals surface area contributed by atoms with Gasteiger partial charge in [-0.2, -0.15) is 0 Å². The van der Waals surface area contributed by atoms with E-state index in [9.17, 15) is 0 Å². The van der Waals surface area contributed by atoms with Gasteiger partial charge >= 0.3 is 0 Å². The first-order valence-electron chi connectivity index (χ1n) is 6.75. The Morgan fingerprint density at radius 1 is 1.28 bits per heavy atom. The first kappa shape index (κ1) is 14.4. The number of halogens is 1. The second kappa shape index (κ2) is 7.51. The number of pyridine rings is 1. The fourth-order valence-corrected chi connectivity index (χ4v) is 4.37. The van der Waals surface area contributed by atoms with Crippen LogP contribution < -0.4 is 5.32 Å². The second-order valence-corrected chi connectivity index (χ2v) is 6.92. The van der Waals surface area contributed by atoms with Crippen molar-refractivity contribution >= 4 is 27.7 Å². The molecule has 4 heteroatoms. The van der Waals surface area contributed by atoms with Crippen molar-refractivity contribution in [3.63, 3.8) is 0 Å². The molecule has 0 aliphatic heterocycles. The maximum Gasteiger partial charge on any atom is 0.110 e. The van der Waals surface area contributed by atoms with Crippen LogP contribution in [0.5, 0.6) is 0 Å². The molecule has 1 fully saturated rings. The molecular weight excluding hydrogens is 308 g/mol. The van der Waals surface area contributed by atoms with Gasteiger partial charge in [-0.3, -0.25) is 0 Å². The number of nitrogens with one attached hydrogen (secondary N) is 1. The average molecular weight is 329 g/mol. The Balaban J connectivity index is 2.06. The summed E-state index contributed by atoms with van der Waals surface area (Å²) in [5, 5.41) is 5.27. The standard InChI is InChI=1S/C14H21BrN2S/c1-16-12-8-4-2-3-5-9-13(12)18-14-11(15)7-6-10-17-14/h6-7,10,12-13,16H,2-5,8-9H2,1H3. The van der Waals surface area contributed by atoms with Crippen molar-refractivity contribution in [1.82, 2.24) is 10.3 Å². The number of rotatable bonds is 3. The van der Waals surface area contributed by atoms with Gasteiger partial charge in [0.2, 0.25) is 0 Å². The van der Waals surface area contributed by atoms with Gasteiger partial charge < -0.3 is 5.32 Å². The topological polar surface area (TPSA) is 24.9 Å². The summed E-state index contributed by atoms with van der Waals surface area (Å²) in [4.78, 5) is 4.48. The largest absolute Gasteiger partial charge is 0.316 e. The molecule has 2 rings (SSSR count). The molecule has 2 nitrogen and oxygen atoms in total. The van der Waals surface area contributed by atoms with Crippen molar-refractivity contribution in [2.45, 2.75) is 54.8 Å². The van der Waals surface area contributed by atoms with Crippen LogP contribution in [0.3, 0.4) is 0 Å². The highest BCUT2D eigenvalue weighted by atomic mass is 79.9. The first-order valence-corrected chi connectivity index (χ1v) is 8.43. The van der Waals surface area contributed by atoms with E-state index in [2.05, 4.69) is 39.3 Å². The monoisotopic (exact) mass is 328 g/mol. The predicted molar refractivity (Wildman–Crippen MR) is 82.1 cm³/mol. The molecule has 18 heavy (non-hydrogen) atoms. The van der Waals surface area contributed by atoms with E-state index in [-0.39, 0.29) is 0 Å². The van der Waals surface area contributed by atoms with Gasteiger partial charge in [0.1, 0.15) is 5.03 Å². The summed E-state index contributed by atoms with van der Waals surface area (Å²) in [6.07, 6.45) is 9.94. The van der Waals surface area contributed by atoms with Gasteiger partial charge in [-0.25, -0.2) is 4.98 Å². The highest BCUT2D eigenvalue weighted by Crippen LogP contribution is 2.34. The van der Waals surface area contributed by atoms with Gasteiger partial charge in [-0.15, -0.1) is 11.8 Å². The highest BCUT2D eigenvalue weighted by molar-refractivity contribution is 9.10. The maximum atomic E-state index is 4.48. The van der Waals surface area contributed by atoms with Crippen LogP contribution in [-0.2, 0) is 0 Å². The molecule has 0 saturated heterocycles. The second-order valence-electron chi connectivity index (χ2n) is 4.83. The third-order valence-corrected chi connectivity index (χ3v) is 5.88. The molecule has 0 radical (unpaired) electrons. The summed E-state index contributed by atoms with van der Waals surface area (Å²) < 4.78 is 1.12. The van der Waals surface area contributed by atoms with E-state index in [4.69, 9.17) is 0 Å². The van der Waals surface area contributed by atoms with Crippen LogP contribution in [0.25, 0.3) is 0 Å². The zero-order valence-electron chi connectivity index (χ0n) is 10.9. The molecule has 2 atom stereocenters. The summed E-state index contributed by atoms with van der Waals surface area (Å²) in [6.45, 7) is 0. The number of aromatic nitrogens is 1. The highest BCUT2D eigenvalue weighted by Gasteiger charge is 2.23. The minimum Gasteiger partial charge on any atom is -0.316 e. The summed E-state index contributed by atoms with van der Waals surface area (Å²) in [6, 6.07) is 4.67. The third-order valence-electron chi connectivity index (χ3n) is 3.56. The Bertz CT molecular complexity index is 373. The predicted octanol–water partition coefficient (Wildman–Crippen LogP) is 4.25. The minimum atomic E-state index is 0.615. The molecule has 1 aliphatic rings. The van der Waals surface area contributed by atoms with E-state index in [1.165, 1.54) is 38.5 Å². The van der Waals surface area contributed by atoms with Crippen molar-refractivity contribution in [1.29, 1.82) is 0 Å². The van der Waals surface area contributed by atoms with Crippen LogP contribution >= 0.6 is 27.7 Å². The van der Waals surface area contributed by atoms with Crippen LogP contribution in [0.2, 0.25) is 0 Å². The molecule has 0 amide bonds. The van der Waals surface area contributed by atoms with Crippen LogP contribution in [0.4, 0.5) is 0 Å². The molecule has 2 unspecified atom stereocenters. The summed E-state index contributed by atoms with van der Waals surface area (Å²) in [5.41, 5.74) is 0. The number of thioether (sulfide) groups is 1. The fourth-order valence-electron chi connectivity index (χ4n) is 2.52. The van der Waals surface area contributed by atoms with Crippen molar-refractivity contribution in [2.75, 3.05) is 7.05 Å². The summed E-state index contributed by atoms with van der Waals surface area (Å²) in [5.74, 6) is 0. The molecule has 1 heterocycles. The number of nitrogens with zero attached hydrogens (tertiary/aromatic N) is 1. The van der Waals surface area contributed by atoms with E-state index in [0.29, 0.717) is 11.3 Å². The molecule has 0 aromatic carbocycles. The normalized spacial score (nSPS) is 25.4. The van der Waals surface area contributed by atoms with Crippen molar-refractivity contribution < 1.29 is 0 Å². The average Bonchev–Trinajstić information content (AvgIpc) is 2.35. The molecule has 0 bridgehead atoms. The Morgan fingerprint density at radius 2 is 2.06 bits per heavy atom. The lowest BCUT2D eigenvalue weighted by atomic mass is 9.96. The Hall–Kier alpha value is -0.0600. The Kier molecular flexibility index (Phi) is 5.99. The zero-order valence-corrected chi connectivity index (χ0v) is 13.3. The van der Waals surface area contributed by atoms with E-state index in [1.807, 2.05) is 24.0 Å². The maximum absolute atomic E-state index is 4.48. The molecule has 1 saturated carbocycles. The lowest BCUT2D eigenvalue weighted by Gasteiger charge is -2.28. The first-order chi connectivity index (χ1) is 8.81. The quantitative estimate of drug-likeness (QED) is 0.897. The van der Waals surface area contributed by atoms with Gasteiger partial charge in [0.15, 0.2) is 0 Å². The summed E-state index contributed by atoms with van der Waals surface area (Å²) >= 11 is 5.52. The molecular formula is C14H21BrN2S. The van der Waals surface area contributed by atoms with Crippen LogP contribution in [0, 0.1) is 0 Å². The van der Waals surface area contributed by atoms with E-state index < -0.39 is 0 Å². The Morgan fingerprint density at radius 3 is 2.78 bits per heavy atom. The van der Waals surface area contributed by atoms with Crippen LogP contribution in [0.1, 0.15) is 38.5 Å². The third kappa shape index (κ3) is 3.97. The van der Waals surface area contributed by atoms with E-state index in [1.54, 1.807) is 0 Å². The lowest BCUT2D eigenvalue weighted by Crippen LogP contribution is -2.36. The fraction of sp³-hybridized carbons (Fsp3) is 0.643. The van der Waals surface area contributed by atoms with Crippen LogP contribution in [0.15, 0.2) is 27.8 Å². The van der Waals surface area contributed by atoms with Gasteiger partial charge in [-0.05, 0) is 48.0 Å². The van der Waals surface area contributed by atoms with Gasteiger partial charge in [0.05, 0.1) is 0 Å². The molecule has 100 valence electrons. The molecule has 1 aliphatic carbocycles. The SMILES string of the molecule is CNC1CCCCCCC1Sc1ncccc1Br. The smallest absolute Gasteiger partial charge is 0.110 e. The molecule has 1 aromatic rings. The number of hydrogen-bond donors (Lipinski definition) is 1. The van der Waals surface area contributed by atoms with Crippen molar-refractivity contribution in [3.8, 4) is 0 Å². The lowest BCUT2D eigenvalue weighted by molar-refractivity contribution is 0.420. The minimum absolute atomic E-state index is 0.615. The zero-order chi connectivity index (χ0) is 12.8. The molecule has 1 N–H and O–H groups in total.